The smallest absolute Gasteiger partial charge is 0.174 e. The molecule has 1 aliphatic heterocycles. The number of unbranched alkanes of at least 4 members (excludes halogenated alkanes) is 1. The van der Waals surface area contributed by atoms with Crippen LogP contribution in [0.3, 0.4) is 0 Å². The summed E-state index contributed by atoms with van der Waals surface area (Å²) in [6.07, 6.45) is 6.44. The quantitative estimate of drug-likeness (QED) is 0.576. The third kappa shape index (κ3) is 2.36. The first kappa shape index (κ1) is 14.9. The van der Waals surface area contributed by atoms with Crippen molar-refractivity contribution in [3.8, 4) is 0 Å². The van der Waals surface area contributed by atoms with Crippen LogP contribution in [0.25, 0.3) is 0 Å². The Bertz CT molecular complexity index is 414. The van der Waals surface area contributed by atoms with Gasteiger partial charge in [-0.15, -0.1) is 0 Å². The van der Waals surface area contributed by atoms with Gasteiger partial charge in [-0.1, -0.05) is 6.08 Å². The Labute approximate surface area is 133 Å². The van der Waals surface area contributed by atoms with Crippen LogP contribution in [0.1, 0.15) is 32.1 Å². The Morgan fingerprint density at radius 1 is 1.50 bits per heavy atom. The minimum atomic E-state index is -0.541. The number of carbonyl (C=O) groups excluding carboxylic acids is 1. The lowest BCUT2D eigenvalue weighted by atomic mass is 9.63. The maximum atomic E-state index is 12.8. The van der Waals surface area contributed by atoms with Crippen LogP contribution < -0.4 is 0 Å². The summed E-state index contributed by atoms with van der Waals surface area (Å²) >= 11 is 2.36. The molecular formula is C15H21IO4. The number of aliphatic hydroxyl groups is 1. The molecule has 0 aromatic rings. The number of rotatable bonds is 5. The molecule has 2 fully saturated rings. The van der Waals surface area contributed by atoms with Crippen molar-refractivity contribution in [2.45, 2.75) is 43.8 Å². The molecule has 4 nitrogen and oxygen atoms in total. The molecule has 2 bridgehead atoms. The number of fused-ring (bicyclic) bond motifs is 1. The molecule has 3 aliphatic carbocycles. The van der Waals surface area contributed by atoms with Gasteiger partial charge in [0.15, 0.2) is 5.78 Å². The zero-order chi connectivity index (χ0) is 14.2. The summed E-state index contributed by atoms with van der Waals surface area (Å²) < 4.78 is 13.1. The van der Waals surface area contributed by atoms with E-state index in [1.807, 2.05) is 0 Å². The van der Waals surface area contributed by atoms with E-state index < -0.39 is 5.60 Å². The first-order valence-electron chi connectivity index (χ1n) is 7.47. The third-order valence-corrected chi connectivity index (χ3v) is 5.87. The van der Waals surface area contributed by atoms with Gasteiger partial charge in [0.25, 0.3) is 0 Å². The Kier molecular flexibility index (Phi) is 4.50. The molecule has 0 aromatic carbocycles. The van der Waals surface area contributed by atoms with Crippen molar-refractivity contribution >= 4 is 28.4 Å². The van der Waals surface area contributed by atoms with E-state index in [0.717, 1.165) is 32.1 Å². The highest BCUT2D eigenvalue weighted by Gasteiger charge is 2.60. The monoisotopic (exact) mass is 392 g/mol. The van der Waals surface area contributed by atoms with Crippen LogP contribution in [0.5, 0.6) is 0 Å². The number of halogens is 1. The average molecular weight is 392 g/mol. The highest BCUT2D eigenvalue weighted by Crippen LogP contribution is 2.53. The van der Waals surface area contributed by atoms with Gasteiger partial charge in [-0.3, -0.25) is 4.79 Å². The van der Waals surface area contributed by atoms with Gasteiger partial charge < -0.3 is 14.6 Å². The highest BCUT2D eigenvalue weighted by atomic mass is 127. The van der Waals surface area contributed by atoms with Gasteiger partial charge in [-0.25, -0.2) is 0 Å². The molecule has 1 saturated carbocycles. The lowest BCUT2D eigenvalue weighted by Crippen LogP contribution is -2.59. The first-order chi connectivity index (χ1) is 9.69. The summed E-state index contributed by atoms with van der Waals surface area (Å²) in [5.41, 5.74) is -0.541. The number of aliphatic hydroxyl groups excluding tert-OH is 1. The Morgan fingerprint density at radius 3 is 3.05 bits per heavy atom. The Morgan fingerprint density at radius 2 is 2.35 bits per heavy atom. The molecule has 0 aromatic heterocycles. The third-order valence-electron chi connectivity index (χ3n) is 4.76. The van der Waals surface area contributed by atoms with Crippen LogP contribution in [-0.4, -0.2) is 42.4 Å². The van der Waals surface area contributed by atoms with E-state index in [0.29, 0.717) is 13.2 Å². The zero-order valence-corrected chi connectivity index (χ0v) is 13.7. The van der Waals surface area contributed by atoms with Crippen molar-refractivity contribution in [2.75, 3.05) is 19.8 Å². The molecule has 3 unspecified atom stereocenters. The highest BCUT2D eigenvalue weighted by molar-refractivity contribution is 14.1. The number of ether oxygens (including phenoxy) is 2. The standard InChI is InChI=1S/C15H21IO4/c16-12-8-10-13(19-6-2-1-5-17)9-11(12)15(14(10)18)4-3-7-20-15/h8,10-11,13,17H,1-7,9H2/t10?,11?,13?,15-/m0/s1. The summed E-state index contributed by atoms with van der Waals surface area (Å²) in [5.74, 6) is 0.281. The van der Waals surface area contributed by atoms with Gasteiger partial charge in [0.05, 0.1) is 12.0 Å². The van der Waals surface area contributed by atoms with Crippen molar-refractivity contribution in [3.63, 3.8) is 0 Å². The molecule has 1 heterocycles. The van der Waals surface area contributed by atoms with Crippen molar-refractivity contribution in [1.29, 1.82) is 0 Å². The average Bonchev–Trinajstić information content (AvgIpc) is 2.92. The van der Waals surface area contributed by atoms with E-state index in [4.69, 9.17) is 14.6 Å². The zero-order valence-electron chi connectivity index (χ0n) is 11.5. The van der Waals surface area contributed by atoms with E-state index in [1.54, 1.807) is 0 Å². The number of hydrogen-bond acceptors (Lipinski definition) is 4. The van der Waals surface area contributed by atoms with Crippen molar-refractivity contribution in [1.82, 2.24) is 0 Å². The predicted molar refractivity (Wildman–Crippen MR) is 82.7 cm³/mol. The van der Waals surface area contributed by atoms with Gasteiger partial charge >= 0.3 is 0 Å². The molecule has 4 aliphatic rings. The van der Waals surface area contributed by atoms with Crippen molar-refractivity contribution in [2.24, 2.45) is 11.8 Å². The Balaban J connectivity index is 1.70. The fourth-order valence-electron chi connectivity index (χ4n) is 3.75. The molecule has 0 radical (unpaired) electrons. The summed E-state index contributed by atoms with van der Waals surface area (Å²) in [7, 11) is 0. The van der Waals surface area contributed by atoms with Gasteiger partial charge in [0.1, 0.15) is 5.60 Å². The van der Waals surface area contributed by atoms with Gasteiger partial charge in [-0.05, 0) is 58.3 Å². The van der Waals surface area contributed by atoms with Crippen molar-refractivity contribution < 1.29 is 19.4 Å². The lowest BCUT2D eigenvalue weighted by molar-refractivity contribution is -0.165. The van der Waals surface area contributed by atoms with E-state index in [1.165, 1.54) is 3.58 Å². The molecule has 1 saturated heterocycles. The number of carbonyl (C=O) groups is 1. The van der Waals surface area contributed by atoms with Crippen LogP contribution in [0.2, 0.25) is 0 Å². The second-order valence-electron chi connectivity index (χ2n) is 5.91. The van der Waals surface area contributed by atoms with Gasteiger partial charge in [0, 0.05) is 25.7 Å². The number of Topliss-reactive ketones (excluding diaryl/α,β-unsaturated/α-hetero) is 1. The van der Waals surface area contributed by atoms with Crippen molar-refractivity contribution in [3.05, 3.63) is 9.66 Å². The minimum absolute atomic E-state index is 0.000432. The summed E-state index contributed by atoms with van der Waals surface area (Å²) in [6.45, 7) is 1.54. The van der Waals surface area contributed by atoms with Crippen LogP contribution in [0, 0.1) is 11.8 Å². The Hall–Kier alpha value is 0.0200. The minimum Gasteiger partial charge on any atom is -0.396 e. The number of hydrogen-bond donors (Lipinski definition) is 1. The summed E-state index contributed by atoms with van der Waals surface area (Å²) in [6, 6.07) is 0. The fraction of sp³-hybridized carbons (Fsp3) is 0.800. The number of ketones is 1. The van der Waals surface area contributed by atoms with E-state index in [2.05, 4.69) is 28.7 Å². The van der Waals surface area contributed by atoms with Gasteiger partial charge in [0.2, 0.25) is 0 Å². The topological polar surface area (TPSA) is 55.8 Å². The summed E-state index contributed by atoms with van der Waals surface area (Å²) in [4.78, 5) is 12.8. The molecule has 0 amide bonds. The summed E-state index contributed by atoms with van der Waals surface area (Å²) in [5, 5.41) is 8.79. The van der Waals surface area contributed by atoms with E-state index >= 15 is 0 Å². The molecule has 1 spiro atoms. The normalized spacial score (nSPS) is 39.6. The second-order valence-corrected chi connectivity index (χ2v) is 7.16. The second kappa shape index (κ2) is 6.02. The van der Waals surface area contributed by atoms with Crippen LogP contribution in [0.4, 0.5) is 0 Å². The molecule has 1 N–H and O–H groups in total. The SMILES string of the molecule is O=C1C2C=C(I)C(CC2OCCCCO)[C@@]12CCCO2. The van der Waals surface area contributed by atoms with E-state index in [9.17, 15) is 4.79 Å². The van der Waals surface area contributed by atoms with Crippen LogP contribution in [0.15, 0.2) is 9.66 Å². The molecule has 4 rings (SSSR count). The largest absolute Gasteiger partial charge is 0.396 e. The lowest BCUT2D eigenvalue weighted by Gasteiger charge is -2.49. The molecule has 20 heavy (non-hydrogen) atoms. The van der Waals surface area contributed by atoms with Crippen LogP contribution >= 0.6 is 22.6 Å². The molecule has 4 atom stereocenters. The maximum Gasteiger partial charge on any atom is 0.174 e. The maximum absolute atomic E-state index is 12.8. The van der Waals surface area contributed by atoms with Gasteiger partial charge in [-0.2, -0.15) is 0 Å². The fourth-order valence-corrected chi connectivity index (χ4v) is 4.89. The van der Waals surface area contributed by atoms with Crippen LogP contribution in [-0.2, 0) is 14.3 Å². The molecular weight excluding hydrogens is 371 g/mol. The van der Waals surface area contributed by atoms with E-state index in [-0.39, 0.29) is 30.3 Å². The molecule has 5 heteroatoms. The first-order valence-corrected chi connectivity index (χ1v) is 8.55. The molecule has 112 valence electrons. The predicted octanol–water partition coefficient (Wildman–Crippen LogP) is 2.23.